The monoisotopic (exact) mass is 238 g/mol. The van der Waals surface area contributed by atoms with E-state index in [4.69, 9.17) is 0 Å². The molecule has 0 bridgehead atoms. The van der Waals surface area contributed by atoms with Crippen LogP contribution in [0.5, 0.6) is 0 Å². The lowest BCUT2D eigenvalue weighted by molar-refractivity contribution is 0.192. The van der Waals surface area contributed by atoms with Gasteiger partial charge in [-0.05, 0) is 51.1 Å². The van der Waals surface area contributed by atoms with E-state index in [2.05, 4.69) is 24.1 Å². The third-order valence-electron chi connectivity index (χ3n) is 4.84. The zero-order valence-electron chi connectivity index (χ0n) is 11.8. The van der Waals surface area contributed by atoms with Crippen molar-refractivity contribution in [3.05, 3.63) is 0 Å². The Hall–Kier alpha value is -0.0800. The minimum atomic E-state index is 0.759. The molecule has 0 aromatic heterocycles. The van der Waals surface area contributed by atoms with Gasteiger partial charge in [-0.2, -0.15) is 0 Å². The van der Waals surface area contributed by atoms with Gasteiger partial charge in [0, 0.05) is 18.6 Å². The molecule has 2 rings (SSSR count). The van der Waals surface area contributed by atoms with Crippen LogP contribution in [0, 0.1) is 5.92 Å². The van der Waals surface area contributed by atoms with Crippen LogP contribution in [0.3, 0.4) is 0 Å². The SMILES string of the molecule is CCNC(CN1CCCC1CC)C1CCCC1. The predicted octanol–water partition coefficient (Wildman–Crippen LogP) is 3.03. The lowest BCUT2D eigenvalue weighted by atomic mass is 9.97. The molecule has 2 heteroatoms. The first-order valence-electron chi connectivity index (χ1n) is 7.82. The molecular weight excluding hydrogens is 208 g/mol. The summed E-state index contributed by atoms with van der Waals surface area (Å²) in [7, 11) is 0. The summed E-state index contributed by atoms with van der Waals surface area (Å²) in [5, 5.41) is 3.75. The number of hydrogen-bond donors (Lipinski definition) is 1. The zero-order valence-corrected chi connectivity index (χ0v) is 11.8. The molecule has 100 valence electrons. The largest absolute Gasteiger partial charge is 0.313 e. The van der Waals surface area contributed by atoms with Crippen LogP contribution >= 0.6 is 0 Å². The van der Waals surface area contributed by atoms with Crippen molar-refractivity contribution in [1.82, 2.24) is 10.2 Å². The van der Waals surface area contributed by atoms with Crippen LogP contribution < -0.4 is 5.32 Å². The Morgan fingerprint density at radius 2 is 1.88 bits per heavy atom. The number of nitrogens with one attached hydrogen (secondary N) is 1. The summed E-state index contributed by atoms with van der Waals surface area (Å²) in [6.45, 7) is 8.37. The molecule has 0 amide bonds. The summed E-state index contributed by atoms with van der Waals surface area (Å²) in [5.41, 5.74) is 0. The van der Waals surface area contributed by atoms with Crippen molar-refractivity contribution in [3.8, 4) is 0 Å². The fourth-order valence-corrected chi connectivity index (χ4v) is 3.85. The van der Waals surface area contributed by atoms with E-state index in [1.165, 1.54) is 58.0 Å². The van der Waals surface area contributed by atoms with Gasteiger partial charge in [-0.3, -0.25) is 4.90 Å². The molecule has 1 heterocycles. The number of likely N-dealkylation sites (tertiary alicyclic amines) is 1. The number of hydrogen-bond acceptors (Lipinski definition) is 2. The summed E-state index contributed by atoms with van der Waals surface area (Å²) in [6.07, 6.45) is 10.0. The van der Waals surface area contributed by atoms with Gasteiger partial charge in [0.05, 0.1) is 0 Å². The van der Waals surface area contributed by atoms with E-state index in [-0.39, 0.29) is 0 Å². The second-order valence-corrected chi connectivity index (χ2v) is 5.91. The summed E-state index contributed by atoms with van der Waals surface area (Å²) < 4.78 is 0. The first-order valence-corrected chi connectivity index (χ1v) is 7.82. The van der Waals surface area contributed by atoms with Crippen molar-refractivity contribution in [3.63, 3.8) is 0 Å². The minimum absolute atomic E-state index is 0.759. The molecule has 2 fully saturated rings. The average Bonchev–Trinajstić information content (AvgIpc) is 2.99. The Morgan fingerprint density at radius 1 is 1.12 bits per heavy atom. The Bertz CT molecular complexity index is 211. The first-order chi connectivity index (χ1) is 8.35. The Labute approximate surface area is 107 Å². The maximum atomic E-state index is 3.75. The summed E-state index contributed by atoms with van der Waals surface area (Å²) in [4.78, 5) is 2.76. The second kappa shape index (κ2) is 6.75. The first kappa shape index (κ1) is 13.4. The van der Waals surface area contributed by atoms with Crippen molar-refractivity contribution >= 4 is 0 Å². The van der Waals surface area contributed by atoms with Crippen molar-refractivity contribution < 1.29 is 0 Å². The van der Waals surface area contributed by atoms with Crippen LogP contribution in [-0.2, 0) is 0 Å². The third kappa shape index (κ3) is 3.45. The molecule has 2 atom stereocenters. The Kier molecular flexibility index (Phi) is 5.30. The van der Waals surface area contributed by atoms with E-state index in [1.807, 2.05) is 0 Å². The van der Waals surface area contributed by atoms with Crippen LogP contribution in [0.1, 0.15) is 58.8 Å². The molecule has 2 nitrogen and oxygen atoms in total. The number of rotatable bonds is 6. The summed E-state index contributed by atoms with van der Waals surface area (Å²) in [5.74, 6) is 0.952. The number of nitrogens with zero attached hydrogens (tertiary/aromatic N) is 1. The average molecular weight is 238 g/mol. The van der Waals surface area contributed by atoms with E-state index in [1.54, 1.807) is 0 Å². The highest BCUT2D eigenvalue weighted by Crippen LogP contribution is 2.29. The Balaban J connectivity index is 1.87. The topological polar surface area (TPSA) is 15.3 Å². The quantitative estimate of drug-likeness (QED) is 0.765. The molecule has 0 spiro atoms. The molecule has 1 saturated heterocycles. The lowest BCUT2D eigenvalue weighted by Gasteiger charge is -2.32. The second-order valence-electron chi connectivity index (χ2n) is 5.91. The van der Waals surface area contributed by atoms with Crippen molar-refractivity contribution in [2.45, 2.75) is 70.9 Å². The zero-order chi connectivity index (χ0) is 12.1. The van der Waals surface area contributed by atoms with Crippen molar-refractivity contribution in [2.75, 3.05) is 19.6 Å². The summed E-state index contributed by atoms with van der Waals surface area (Å²) in [6, 6.07) is 1.63. The van der Waals surface area contributed by atoms with E-state index < -0.39 is 0 Å². The highest BCUT2D eigenvalue weighted by molar-refractivity contribution is 4.87. The molecule has 17 heavy (non-hydrogen) atoms. The highest BCUT2D eigenvalue weighted by Gasteiger charge is 2.30. The molecule has 1 aliphatic carbocycles. The fraction of sp³-hybridized carbons (Fsp3) is 1.00. The van der Waals surface area contributed by atoms with Crippen LogP contribution in [0.15, 0.2) is 0 Å². The molecule has 0 radical (unpaired) electrons. The van der Waals surface area contributed by atoms with Gasteiger partial charge in [0.15, 0.2) is 0 Å². The molecule has 0 aromatic rings. The molecule has 0 aromatic carbocycles. The molecular formula is C15H30N2. The van der Waals surface area contributed by atoms with Crippen molar-refractivity contribution in [1.29, 1.82) is 0 Å². The number of likely N-dealkylation sites (N-methyl/N-ethyl adjacent to an activating group) is 1. The van der Waals surface area contributed by atoms with Gasteiger partial charge in [-0.15, -0.1) is 0 Å². The van der Waals surface area contributed by atoms with Crippen LogP contribution in [0.2, 0.25) is 0 Å². The normalized spacial score (nSPS) is 28.9. The van der Waals surface area contributed by atoms with Gasteiger partial charge in [0.25, 0.3) is 0 Å². The van der Waals surface area contributed by atoms with Gasteiger partial charge in [0.1, 0.15) is 0 Å². The lowest BCUT2D eigenvalue weighted by Crippen LogP contribution is -2.46. The van der Waals surface area contributed by atoms with Crippen LogP contribution in [-0.4, -0.2) is 36.6 Å². The molecule has 2 unspecified atom stereocenters. The smallest absolute Gasteiger partial charge is 0.0223 e. The van der Waals surface area contributed by atoms with Crippen LogP contribution in [0.25, 0.3) is 0 Å². The third-order valence-corrected chi connectivity index (χ3v) is 4.84. The van der Waals surface area contributed by atoms with E-state index in [0.29, 0.717) is 0 Å². The molecule has 1 N–H and O–H groups in total. The van der Waals surface area contributed by atoms with E-state index >= 15 is 0 Å². The van der Waals surface area contributed by atoms with Gasteiger partial charge in [-0.1, -0.05) is 26.7 Å². The standard InChI is InChI=1S/C15H30N2/c1-3-14-10-7-11-17(14)12-15(16-4-2)13-8-5-6-9-13/h13-16H,3-12H2,1-2H3. The molecule has 1 saturated carbocycles. The van der Waals surface area contributed by atoms with Gasteiger partial charge in [0.2, 0.25) is 0 Å². The van der Waals surface area contributed by atoms with Crippen molar-refractivity contribution in [2.24, 2.45) is 5.92 Å². The van der Waals surface area contributed by atoms with Gasteiger partial charge in [-0.25, -0.2) is 0 Å². The predicted molar refractivity (Wildman–Crippen MR) is 74.3 cm³/mol. The van der Waals surface area contributed by atoms with E-state index in [9.17, 15) is 0 Å². The van der Waals surface area contributed by atoms with Crippen LogP contribution in [0.4, 0.5) is 0 Å². The Morgan fingerprint density at radius 3 is 2.53 bits per heavy atom. The molecule has 2 aliphatic rings. The maximum Gasteiger partial charge on any atom is 0.0223 e. The van der Waals surface area contributed by atoms with Gasteiger partial charge >= 0.3 is 0 Å². The summed E-state index contributed by atoms with van der Waals surface area (Å²) >= 11 is 0. The van der Waals surface area contributed by atoms with E-state index in [0.717, 1.165) is 24.5 Å². The fourth-order valence-electron chi connectivity index (χ4n) is 3.85. The molecule has 1 aliphatic heterocycles. The van der Waals surface area contributed by atoms with Gasteiger partial charge < -0.3 is 5.32 Å². The maximum absolute atomic E-state index is 3.75. The highest BCUT2D eigenvalue weighted by atomic mass is 15.2. The minimum Gasteiger partial charge on any atom is -0.313 e.